The third kappa shape index (κ3) is 27.9. The molecular formula is C28H44Cu2N6O14. The minimum Gasteiger partial charge on any atom is -0.549 e. The monoisotopic (exact) mass is 814 g/mol. The van der Waals surface area contributed by atoms with E-state index in [2.05, 4.69) is 66.1 Å². The van der Waals surface area contributed by atoms with Crippen LogP contribution in [0, 0.1) is 0 Å². The first-order valence-electron chi connectivity index (χ1n) is 13.0. The number of nitrogens with zero attached hydrogens (tertiary/aromatic N) is 4. The van der Waals surface area contributed by atoms with Gasteiger partial charge in [-0.1, -0.05) is 24.3 Å². The molecule has 0 atom stereocenters. The van der Waals surface area contributed by atoms with Gasteiger partial charge in [-0.25, -0.2) is 9.97 Å². The molecule has 0 amide bonds. The van der Waals surface area contributed by atoms with E-state index >= 15 is 0 Å². The number of imidazole rings is 2. The van der Waals surface area contributed by atoms with Gasteiger partial charge in [0.15, 0.2) is 0 Å². The van der Waals surface area contributed by atoms with Gasteiger partial charge in [0.1, 0.15) is 0 Å². The van der Waals surface area contributed by atoms with Gasteiger partial charge in [0, 0.05) is 60.6 Å². The van der Waals surface area contributed by atoms with E-state index in [1.807, 2.05) is 24.8 Å². The summed E-state index contributed by atoms with van der Waals surface area (Å²) in [5, 5.41) is 63.5. The van der Waals surface area contributed by atoms with Crippen LogP contribution in [-0.2, 0) is 66.4 Å². The Labute approximate surface area is 308 Å². The summed E-state index contributed by atoms with van der Waals surface area (Å²) in [5.41, 5.74) is 4.53. The molecular weight excluding hydrogens is 771 g/mol. The Morgan fingerprint density at radius 1 is 0.560 bits per heavy atom. The van der Waals surface area contributed by atoms with E-state index in [9.17, 15) is 39.6 Å². The van der Waals surface area contributed by atoms with Crippen molar-refractivity contribution in [3.8, 4) is 0 Å². The summed E-state index contributed by atoms with van der Waals surface area (Å²) in [6, 6.07) is 16.5. The average molecular weight is 816 g/mol. The van der Waals surface area contributed by atoms with E-state index in [0.717, 1.165) is 51.9 Å². The Hall–Kier alpha value is -4.02. The predicted octanol–water partition coefficient (Wildman–Crippen LogP) is -8.03. The molecule has 2 aromatic heterocycles. The van der Waals surface area contributed by atoms with E-state index in [-0.39, 0.29) is 50.6 Å². The topological polar surface area (TPSA) is 375 Å². The molecule has 50 heavy (non-hydrogen) atoms. The molecule has 0 aliphatic carbocycles. The van der Waals surface area contributed by atoms with Gasteiger partial charge >= 0.3 is 34.1 Å². The van der Waals surface area contributed by atoms with Gasteiger partial charge in [-0.05, 0) is 30.7 Å². The van der Waals surface area contributed by atoms with Crippen molar-refractivity contribution >= 4 is 45.9 Å². The van der Waals surface area contributed by atoms with Crippen molar-refractivity contribution in [3.63, 3.8) is 0 Å². The fraction of sp³-hybridized carbons (Fsp3) is 0.357. The fourth-order valence-corrected chi connectivity index (χ4v) is 3.32. The van der Waals surface area contributed by atoms with Gasteiger partial charge in [-0.2, -0.15) is 0 Å². The van der Waals surface area contributed by atoms with Gasteiger partial charge in [0.25, 0.3) is 0 Å². The van der Waals surface area contributed by atoms with Gasteiger partial charge in [0.05, 0.1) is 58.6 Å². The van der Waals surface area contributed by atoms with E-state index < -0.39 is 50.1 Å². The van der Waals surface area contributed by atoms with Crippen LogP contribution in [0.15, 0.2) is 61.2 Å². The first-order valence-corrected chi connectivity index (χ1v) is 13.0. The number of carbonyl (C=O) groups excluding carboxylic acids is 4. The second kappa shape index (κ2) is 39.4. The van der Waals surface area contributed by atoms with Crippen molar-refractivity contribution in [1.29, 1.82) is 0 Å². The summed E-state index contributed by atoms with van der Waals surface area (Å²) in [6.07, 6.45) is 4.91. The Morgan fingerprint density at radius 2 is 0.820 bits per heavy atom. The van der Waals surface area contributed by atoms with Crippen LogP contribution < -0.4 is 31.1 Å². The van der Waals surface area contributed by atoms with Gasteiger partial charge in [-0.3, -0.25) is 0 Å². The third-order valence-electron chi connectivity index (χ3n) is 4.93. The molecule has 0 aliphatic heterocycles. The molecule has 0 spiro atoms. The number of hydrogen-bond acceptors (Lipinski definition) is 15. The quantitative estimate of drug-likeness (QED) is 0.0829. The van der Waals surface area contributed by atoms with Crippen LogP contribution in [0.2, 0.25) is 0 Å². The van der Waals surface area contributed by atoms with Crippen LogP contribution in [0.4, 0.5) is 0 Å². The number of aliphatic hydroxyl groups is 3. The van der Waals surface area contributed by atoms with Crippen LogP contribution in [0.25, 0.3) is 22.1 Å². The summed E-state index contributed by atoms with van der Waals surface area (Å²) in [6.45, 7) is 0.0734. The number of carbonyl (C=O) groups is 4. The molecule has 20 nitrogen and oxygen atoms in total. The summed E-state index contributed by atoms with van der Waals surface area (Å²) in [7, 11) is 3.00. The Morgan fingerprint density at radius 3 is 1.08 bits per heavy atom. The van der Waals surface area contributed by atoms with Gasteiger partial charge in [0.2, 0.25) is 0 Å². The van der Waals surface area contributed by atoms with Crippen molar-refractivity contribution < 1.29 is 105 Å². The molecule has 0 aliphatic rings. The zero-order chi connectivity index (χ0) is 34.6. The third-order valence-corrected chi connectivity index (χ3v) is 4.93. The first kappa shape index (κ1) is 61.2. The van der Waals surface area contributed by atoms with Crippen LogP contribution in [-0.4, -0.2) is 122 Å². The van der Waals surface area contributed by atoms with Crippen molar-refractivity contribution in [3.05, 3.63) is 61.2 Å². The van der Waals surface area contributed by atoms with Crippen molar-refractivity contribution in [2.75, 3.05) is 47.5 Å². The number of aryl methyl sites for hydroxylation is 2. The molecule has 4 aromatic rings. The van der Waals surface area contributed by atoms with Crippen LogP contribution in [0.5, 0.6) is 0 Å². The maximum absolute atomic E-state index is 9.59. The number of aliphatic carboxylic acids is 4. The molecule has 2 heterocycles. The number of nitrogens with one attached hydrogen (secondary N) is 2. The van der Waals surface area contributed by atoms with E-state index in [1.54, 1.807) is 0 Å². The van der Waals surface area contributed by atoms with E-state index in [1.165, 1.54) is 11.0 Å². The molecule has 2 radical (unpaired) electrons. The van der Waals surface area contributed by atoms with Crippen molar-refractivity contribution in [2.45, 2.75) is 19.5 Å². The molecule has 0 saturated heterocycles. The molecule has 22 heteroatoms. The van der Waals surface area contributed by atoms with E-state index in [4.69, 9.17) is 15.3 Å². The largest absolute Gasteiger partial charge is 2.00 e. The van der Waals surface area contributed by atoms with Crippen LogP contribution >= 0.6 is 0 Å². The first-order chi connectivity index (χ1) is 21.7. The van der Waals surface area contributed by atoms with Gasteiger partial charge in [-0.15, -0.1) is 0 Å². The van der Waals surface area contributed by atoms with Crippen LogP contribution in [0.1, 0.15) is 6.42 Å². The summed E-state index contributed by atoms with van der Waals surface area (Å²) >= 11 is 0. The number of rotatable bonds is 12. The van der Waals surface area contributed by atoms with Crippen LogP contribution in [0.3, 0.4) is 0 Å². The zero-order valence-electron chi connectivity index (χ0n) is 27.2. The molecule has 0 fully saturated rings. The number of carboxylic acid groups (broad SMARTS) is 4. The molecule has 0 bridgehead atoms. The smallest absolute Gasteiger partial charge is 0.549 e. The summed E-state index contributed by atoms with van der Waals surface area (Å²) < 4.78 is 4.43. The molecule has 292 valence electrons. The molecule has 0 unspecified atom stereocenters. The molecule has 0 saturated carbocycles. The number of benzene rings is 2. The maximum atomic E-state index is 9.59. The number of aromatic nitrogens is 4. The van der Waals surface area contributed by atoms with Gasteiger partial charge < -0.3 is 91.1 Å². The average Bonchev–Trinajstić information content (AvgIpc) is 3.64. The second-order valence-corrected chi connectivity index (χ2v) is 7.90. The Balaban J connectivity index is -0.000000110. The van der Waals surface area contributed by atoms with Crippen molar-refractivity contribution in [2.24, 2.45) is 0 Å². The zero-order valence-corrected chi connectivity index (χ0v) is 29.1. The normalized spacial score (nSPS) is 8.36. The number of carboxylic acids is 4. The number of aliphatic hydroxyl groups excluding tert-OH is 3. The minimum atomic E-state index is -1.34. The number of fused-ring (bicyclic) bond motifs is 2. The fourth-order valence-electron chi connectivity index (χ4n) is 3.32. The maximum Gasteiger partial charge on any atom is 2.00 e. The van der Waals surface area contributed by atoms with E-state index in [0.29, 0.717) is 0 Å². The number of para-hydroxylation sites is 4. The predicted molar refractivity (Wildman–Crippen MR) is 165 cm³/mol. The second-order valence-electron chi connectivity index (χ2n) is 7.90. The summed E-state index contributed by atoms with van der Waals surface area (Å²) in [5.74, 6) is -5.35. The Bertz CT molecular complexity index is 1280. The minimum absolute atomic E-state index is 0. The molecule has 2 aromatic carbocycles. The van der Waals surface area contributed by atoms with Crippen molar-refractivity contribution in [1.82, 2.24) is 29.7 Å². The standard InChI is InChI=1S/C17H16N4.2C4H7NO4.3CH4O.2Cu.3H2O/c1-3-8-16-14(6-1)18-12-20(16)10-5-11-21-13-19-15-7-2-4-9-17(15)21;2*6-3(7)1-5-2-4(8)9;3*1-2;;;;;/h1-4,6-9,12-13H,5,10-11H2;2*5H,1-2H2,(H,6,7)(H,8,9);3*2H,1H3;;;3*1H2/q;;;;;;2*+2;;;/p-4. The summed E-state index contributed by atoms with van der Waals surface area (Å²) in [4.78, 5) is 47.2. The Kier molecular flexibility index (Phi) is 48.3. The SMILES string of the molecule is CO.CO.CO.O.O.O.O=C([O-])CNCC(=O)[O-].O=C([O-])CNCC(=O)[O-].[Cu+2].[Cu+2].c1ccc2c(c1)ncn2CCCn1cnc2ccccc21. The number of hydrogen-bond donors (Lipinski definition) is 5. The molecule has 4 rings (SSSR count). The molecule has 11 N–H and O–H groups in total.